The Bertz CT molecular complexity index is 1620. The molecule has 234 valence electrons. The summed E-state index contributed by atoms with van der Waals surface area (Å²) < 4.78 is 151. The van der Waals surface area contributed by atoms with E-state index in [2.05, 4.69) is 20.7 Å². The van der Waals surface area contributed by atoms with Crippen molar-refractivity contribution in [2.45, 2.75) is 24.4 Å². The lowest BCUT2D eigenvalue weighted by Crippen LogP contribution is -2.50. The van der Waals surface area contributed by atoms with Crippen LogP contribution in [-0.4, -0.2) is 37.6 Å². The summed E-state index contributed by atoms with van der Waals surface area (Å²) in [6.07, 6.45) is -19.2. The maximum absolute atomic E-state index is 15.4. The number of nitriles is 1. The predicted molar refractivity (Wildman–Crippen MR) is 134 cm³/mol. The number of anilines is 2. The molecule has 6 nitrogen and oxygen atoms in total. The molecule has 0 unspecified atom stereocenters. The standard InChI is InChI=1S/C26H13BrF11N3O3/c1-41(22(43)13-7-5-12(11-39)6-8-13)17-4-2-3-15(19(17)28)21(42)40-20-16(27)9-14(10-18(20)44-26(36,37)38)23(29,24(30,31)32)25(33,34)35/h2-10H,1H3,(H,40,42). The number of carbonyl (C=O) groups is 2. The Morgan fingerprint density at radius 2 is 1.48 bits per heavy atom. The largest absolute Gasteiger partial charge is 0.573 e. The van der Waals surface area contributed by atoms with Gasteiger partial charge in [0.25, 0.3) is 11.8 Å². The molecule has 0 saturated carbocycles. The van der Waals surface area contributed by atoms with Gasteiger partial charge in [0.05, 0.1) is 28.6 Å². The molecule has 0 radical (unpaired) electrons. The fourth-order valence-electron chi connectivity index (χ4n) is 3.72. The van der Waals surface area contributed by atoms with Crippen LogP contribution in [0.15, 0.2) is 59.1 Å². The van der Waals surface area contributed by atoms with Gasteiger partial charge in [-0.3, -0.25) is 9.59 Å². The summed E-state index contributed by atoms with van der Waals surface area (Å²) in [6, 6.07) is 9.03. The number of halogens is 12. The van der Waals surface area contributed by atoms with Crippen LogP contribution in [-0.2, 0) is 5.67 Å². The maximum Gasteiger partial charge on any atom is 0.573 e. The highest BCUT2D eigenvalue weighted by atomic mass is 79.9. The third kappa shape index (κ3) is 6.72. The monoisotopic (exact) mass is 703 g/mol. The number of amides is 2. The SMILES string of the molecule is CN(C(=O)c1ccc(C#N)cc1)c1cccc(C(=O)Nc2c(Br)cc(C(F)(C(F)(F)F)C(F)(F)F)cc2OC(F)(F)F)c1F. The lowest BCUT2D eigenvalue weighted by molar-refractivity contribution is -0.348. The van der Waals surface area contributed by atoms with E-state index >= 15 is 4.39 Å². The van der Waals surface area contributed by atoms with E-state index in [-0.39, 0.29) is 17.2 Å². The molecule has 18 heteroatoms. The fourth-order valence-corrected chi connectivity index (χ4v) is 4.26. The number of hydrogen-bond donors (Lipinski definition) is 1. The number of benzene rings is 3. The first-order chi connectivity index (χ1) is 20.1. The zero-order valence-electron chi connectivity index (χ0n) is 21.4. The molecule has 3 aromatic rings. The van der Waals surface area contributed by atoms with Crippen LogP contribution in [0.3, 0.4) is 0 Å². The second kappa shape index (κ2) is 11.9. The lowest BCUT2D eigenvalue weighted by Gasteiger charge is -2.31. The number of nitrogens with one attached hydrogen (secondary N) is 1. The molecule has 2 amide bonds. The number of hydrogen-bond acceptors (Lipinski definition) is 4. The van der Waals surface area contributed by atoms with Crippen LogP contribution in [0.1, 0.15) is 31.8 Å². The molecule has 0 heterocycles. The first-order valence-corrected chi connectivity index (χ1v) is 12.2. The summed E-state index contributed by atoms with van der Waals surface area (Å²) in [6.45, 7) is 0. The third-order valence-corrected chi connectivity index (χ3v) is 6.47. The molecule has 0 aliphatic carbocycles. The Balaban J connectivity index is 2.06. The van der Waals surface area contributed by atoms with Gasteiger partial charge in [-0.2, -0.15) is 31.6 Å². The van der Waals surface area contributed by atoms with Crippen molar-refractivity contribution in [3.63, 3.8) is 0 Å². The minimum Gasteiger partial charge on any atom is -0.404 e. The number of ether oxygens (including phenoxy) is 1. The highest BCUT2D eigenvalue weighted by Crippen LogP contribution is 2.55. The van der Waals surface area contributed by atoms with E-state index in [4.69, 9.17) is 5.26 Å². The van der Waals surface area contributed by atoms with Crippen LogP contribution in [0, 0.1) is 17.1 Å². The molecular formula is C26H13BrF11N3O3. The summed E-state index contributed by atoms with van der Waals surface area (Å²) in [5.74, 6) is -5.75. The van der Waals surface area contributed by atoms with Crippen molar-refractivity contribution in [2.75, 3.05) is 17.3 Å². The molecule has 0 fully saturated rings. The molecule has 0 aromatic heterocycles. The van der Waals surface area contributed by atoms with Crippen molar-refractivity contribution in [2.24, 2.45) is 0 Å². The van der Waals surface area contributed by atoms with Crippen LogP contribution in [0.5, 0.6) is 5.75 Å². The molecular weight excluding hydrogens is 691 g/mol. The first kappa shape index (κ1) is 34.1. The highest BCUT2D eigenvalue weighted by molar-refractivity contribution is 9.10. The van der Waals surface area contributed by atoms with Crippen LogP contribution in [0.25, 0.3) is 0 Å². The van der Waals surface area contributed by atoms with E-state index in [1.807, 2.05) is 6.07 Å². The molecule has 3 aromatic carbocycles. The van der Waals surface area contributed by atoms with E-state index < -0.39 is 80.8 Å². The minimum atomic E-state index is -6.70. The second-order valence-corrected chi connectivity index (χ2v) is 9.53. The van der Waals surface area contributed by atoms with Crippen LogP contribution >= 0.6 is 15.9 Å². The number of rotatable bonds is 6. The van der Waals surface area contributed by atoms with E-state index in [1.54, 1.807) is 5.32 Å². The molecule has 0 spiro atoms. The molecule has 0 aliphatic heterocycles. The summed E-state index contributed by atoms with van der Waals surface area (Å²) in [5, 5.41) is 10.6. The molecule has 0 saturated heterocycles. The smallest absolute Gasteiger partial charge is 0.404 e. The van der Waals surface area contributed by atoms with Gasteiger partial charge in [0.1, 0.15) is 0 Å². The van der Waals surface area contributed by atoms with Gasteiger partial charge in [-0.25, -0.2) is 8.78 Å². The van der Waals surface area contributed by atoms with Crippen LogP contribution in [0.4, 0.5) is 59.7 Å². The third-order valence-electron chi connectivity index (χ3n) is 5.85. The minimum absolute atomic E-state index is 0.0135. The van der Waals surface area contributed by atoms with E-state index in [0.29, 0.717) is 0 Å². The van der Waals surface area contributed by atoms with Gasteiger partial charge >= 0.3 is 24.4 Å². The lowest BCUT2D eigenvalue weighted by atomic mass is 9.93. The van der Waals surface area contributed by atoms with Crippen molar-refractivity contribution in [3.05, 3.63) is 87.1 Å². The van der Waals surface area contributed by atoms with Gasteiger partial charge in [-0.1, -0.05) is 6.07 Å². The van der Waals surface area contributed by atoms with Crippen LogP contribution < -0.4 is 15.0 Å². The Morgan fingerprint density at radius 1 is 0.909 bits per heavy atom. The van der Waals surface area contributed by atoms with Gasteiger partial charge in [0.15, 0.2) is 11.6 Å². The van der Waals surface area contributed by atoms with Gasteiger partial charge in [-0.05, 0) is 64.5 Å². The number of nitrogens with zero attached hydrogens (tertiary/aromatic N) is 2. The Hall–Kier alpha value is -4.40. The summed E-state index contributed by atoms with van der Waals surface area (Å²) in [5.41, 5.74) is -11.1. The van der Waals surface area contributed by atoms with Gasteiger partial charge in [-0.15, -0.1) is 13.2 Å². The molecule has 44 heavy (non-hydrogen) atoms. The number of alkyl halides is 10. The predicted octanol–water partition coefficient (Wildman–Crippen LogP) is 8.18. The summed E-state index contributed by atoms with van der Waals surface area (Å²) >= 11 is 2.41. The van der Waals surface area contributed by atoms with Gasteiger partial charge < -0.3 is 15.0 Å². The topological polar surface area (TPSA) is 82.4 Å². The van der Waals surface area contributed by atoms with Gasteiger partial charge in [0, 0.05) is 22.6 Å². The molecule has 0 bridgehead atoms. The van der Waals surface area contributed by atoms with E-state index in [1.165, 1.54) is 24.3 Å². The zero-order valence-corrected chi connectivity index (χ0v) is 22.9. The average Bonchev–Trinajstić information content (AvgIpc) is 2.91. The van der Waals surface area contributed by atoms with Crippen molar-refractivity contribution in [1.82, 2.24) is 0 Å². The average molecular weight is 704 g/mol. The molecule has 0 aliphatic rings. The Kier molecular flexibility index (Phi) is 9.25. The molecule has 3 rings (SSSR count). The Labute approximate surface area is 247 Å². The molecule has 0 atom stereocenters. The second-order valence-electron chi connectivity index (χ2n) is 8.68. The van der Waals surface area contributed by atoms with Crippen molar-refractivity contribution >= 4 is 39.1 Å². The van der Waals surface area contributed by atoms with Gasteiger partial charge in [0.2, 0.25) is 0 Å². The summed E-state index contributed by atoms with van der Waals surface area (Å²) in [4.78, 5) is 26.5. The first-order valence-electron chi connectivity index (χ1n) is 11.4. The van der Waals surface area contributed by atoms with Crippen molar-refractivity contribution in [1.29, 1.82) is 5.26 Å². The number of carbonyl (C=O) groups excluding carboxylic acids is 2. The highest BCUT2D eigenvalue weighted by Gasteiger charge is 2.73. The van der Waals surface area contributed by atoms with E-state index in [0.717, 1.165) is 30.1 Å². The van der Waals surface area contributed by atoms with E-state index in [9.17, 15) is 53.5 Å². The molecule has 1 N–H and O–H groups in total. The fraction of sp³-hybridized carbons (Fsp3) is 0.192. The zero-order chi connectivity index (χ0) is 33.4. The Morgan fingerprint density at radius 3 is 1.98 bits per heavy atom. The normalized spacial score (nSPS) is 12.4. The maximum atomic E-state index is 15.4. The van der Waals surface area contributed by atoms with Crippen LogP contribution in [0.2, 0.25) is 0 Å². The van der Waals surface area contributed by atoms with Crippen molar-refractivity contribution in [3.8, 4) is 11.8 Å². The van der Waals surface area contributed by atoms with Crippen molar-refractivity contribution < 1.29 is 62.6 Å². The summed E-state index contributed by atoms with van der Waals surface area (Å²) in [7, 11) is 1.09. The quantitative estimate of drug-likeness (QED) is 0.263.